The monoisotopic (exact) mass is 253 g/mol. The molecule has 2 atom stereocenters. The lowest BCUT2D eigenvalue weighted by molar-refractivity contribution is 0.0511. The van der Waals surface area contributed by atoms with Crippen molar-refractivity contribution in [2.24, 2.45) is 5.73 Å². The second-order valence-corrected chi connectivity index (χ2v) is 5.55. The molecule has 19 heavy (non-hydrogen) atoms. The fourth-order valence-electron chi connectivity index (χ4n) is 2.84. The number of hydrogen-bond acceptors (Lipinski definition) is 2. The van der Waals surface area contributed by atoms with Crippen molar-refractivity contribution in [2.45, 2.75) is 31.9 Å². The topological polar surface area (TPSA) is 35.2 Å². The molecule has 0 radical (unpaired) electrons. The smallest absolute Gasteiger partial charge is 0.133 e. The van der Waals surface area contributed by atoms with E-state index in [9.17, 15) is 0 Å². The molecule has 1 aliphatic heterocycles. The molecule has 1 unspecified atom stereocenters. The van der Waals surface area contributed by atoms with Crippen LogP contribution >= 0.6 is 0 Å². The molecule has 0 aromatic heterocycles. The molecule has 1 aliphatic rings. The van der Waals surface area contributed by atoms with Gasteiger partial charge < -0.3 is 10.5 Å². The minimum atomic E-state index is -0.347. The van der Waals surface area contributed by atoms with Crippen LogP contribution in [0.2, 0.25) is 0 Å². The summed E-state index contributed by atoms with van der Waals surface area (Å²) in [4.78, 5) is 0. The zero-order chi connectivity index (χ0) is 13.5. The van der Waals surface area contributed by atoms with Gasteiger partial charge in [0.25, 0.3) is 0 Å². The van der Waals surface area contributed by atoms with Crippen molar-refractivity contribution in [1.82, 2.24) is 0 Å². The Morgan fingerprint density at radius 3 is 2.74 bits per heavy atom. The van der Waals surface area contributed by atoms with E-state index in [0.29, 0.717) is 0 Å². The van der Waals surface area contributed by atoms with Crippen molar-refractivity contribution >= 4 is 0 Å². The molecule has 2 nitrogen and oxygen atoms in total. The van der Waals surface area contributed by atoms with Gasteiger partial charge in [-0.1, -0.05) is 48.0 Å². The van der Waals surface area contributed by atoms with Gasteiger partial charge in [0, 0.05) is 18.0 Å². The number of rotatable bonds is 1. The standard InChI is InChI=1S/C17H19NO/c1-12-6-5-7-13(10-12)17(2)11-15(18)14-8-3-4-9-16(14)19-17/h3-10,15H,11,18H2,1-2H3/t15-,17?/m0/s1. The van der Waals surface area contributed by atoms with Gasteiger partial charge in [0.05, 0.1) is 0 Å². The van der Waals surface area contributed by atoms with E-state index in [1.165, 1.54) is 11.1 Å². The summed E-state index contributed by atoms with van der Waals surface area (Å²) in [5, 5.41) is 0. The minimum Gasteiger partial charge on any atom is -0.482 e. The second-order valence-electron chi connectivity index (χ2n) is 5.55. The molecular weight excluding hydrogens is 234 g/mol. The molecule has 2 aromatic carbocycles. The molecule has 2 aromatic rings. The van der Waals surface area contributed by atoms with Gasteiger partial charge in [0.1, 0.15) is 11.4 Å². The van der Waals surface area contributed by atoms with Crippen molar-refractivity contribution in [3.05, 3.63) is 65.2 Å². The van der Waals surface area contributed by atoms with E-state index in [0.717, 1.165) is 17.7 Å². The Bertz CT molecular complexity index is 608. The van der Waals surface area contributed by atoms with E-state index < -0.39 is 0 Å². The van der Waals surface area contributed by atoms with Crippen LogP contribution in [0.5, 0.6) is 5.75 Å². The first-order valence-electron chi connectivity index (χ1n) is 6.69. The van der Waals surface area contributed by atoms with Crippen LogP contribution in [0.4, 0.5) is 0 Å². The number of fused-ring (bicyclic) bond motifs is 1. The van der Waals surface area contributed by atoms with Gasteiger partial charge in [0.2, 0.25) is 0 Å². The Labute approximate surface area is 114 Å². The van der Waals surface area contributed by atoms with Crippen LogP contribution in [0, 0.1) is 6.92 Å². The fourth-order valence-corrected chi connectivity index (χ4v) is 2.84. The minimum absolute atomic E-state index is 0.0236. The summed E-state index contributed by atoms with van der Waals surface area (Å²) in [5.74, 6) is 0.908. The normalized spacial score (nSPS) is 25.5. The first-order chi connectivity index (χ1) is 9.08. The van der Waals surface area contributed by atoms with Gasteiger partial charge >= 0.3 is 0 Å². The highest BCUT2D eigenvalue weighted by molar-refractivity contribution is 5.41. The molecule has 0 fully saturated rings. The lowest BCUT2D eigenvalue weighted by Crippen LogP contribution is -2.38. The summed E-state index contributed by atoms with van der Waals surface area (Å²) < 4.78 is 6.25. The summed E-state index contributed by atoms with van der Waals surface area (Å²) in [6.07, 6.45) is 0.799. The first kappa shape index (κ1) is 12.2. The van der Waals surface area contributed by atoms with Crippen molar-refractivity contribution in [1.29, 1.82) is 0 Å². The zero-order valence-electron chi connectivity index (χ0n) is 11.4. The van der Waals surface area contributed by atoms with E-state index >= 15 is 0 Å². The second kappa shape index (κ2) is 4.39. The maximum atomic E-state index is 6.32. The molecule has 1 heterocycles. The van der Waals surface area contributed by atoms with Crippen molar-refractivity contribution in [2.75, 3.05) is 0 Å². The van der Waals surface area contributed by atoms with Crippen LogP contribution in [-0.4, -0.2) is 0 Å². The Morgan fingerprint density at radius 2 is 1.95 bits per heavy atom. The van der Waals surface area contributed by atoms with Gasteiger partial charge in [-0.3, -0.25) is 0 Å². The van der Waals surface area contributed by atoms with Crippen LogP contribution in [0.3, 0.4) is 0 Å². The summed E-state index contributed by atoms with van der Waals surface area (Å²) >= 11 is 0. The molecule has 0 spiro atoms. The summed E-state index contributed by atoms with van der Waals surface area (Å²) in [7, 11) is 0. The number of aryl methyl sites for hydroxylation is 1. The highest BCUT2D eigenvalue weighted by Gasteiger charge is 2.37. The Balaban J connectivity index is 2.04. The van der Waals surface area contributed by atoms with Gasteiger partial charge in [0.15, 0.2) is 0 Å². The van der Waals surface area contributed by atoms with Crippen LogP contribution < -0.4 is 10.5 Å². The van der Waals surface area contributed by atoms with Crippen LogP contribution in [-0.2, 0) is 5.60 Å². The van der Waals surface area contributed by atoms with Gasteiger partial charge in [-0.2, -0.15) is 0 Å². The number of ether oxygens (including phenoxy) is 1. The number of benzene rings is 2. The maximum Gasteiger partial charge on any atom is 0.133 e. The molecule has 0 saturated carbocycles. The third kappa shape index (κ3) is 2.13. The molecule has 0 amide bonds. The Kier molecular flexibility index (Phi) is 2.83. The molecule has 0 bridgehead atoms. The fraction of sp³-hybridized carbons (Fsp3) is 0.294. The zero-order valence-corrected chi connectivity index (χ0v) is 11.4. The van der Waals surface area contributed by atoms with E-state index in [-0.39, 0.29) is 11.6 Å². The number of nitrogens with two attached hydrogens (primary N) is 1. The maximum absolute atomic E-state index is 6.32. The molecule has 2 N–H and O–H groups in total. The first-order valence-corrected chi connectivity index (χ1v) is 6.69. The third-order valence-electron chi connectivity index (χ3n) is 3.89. The van der Waals surface area contributed by atoms with E-state index in [4.69, 9.17) is 10.5 Å². The van der Waals surface area contributed by atoms with Gasteiger partial charge in [-0.05, 0) is 25.5 Å². The summed E-state index contributed by atoms with van der Waals surface area (Å²) in [6, 6.07) is 16.6. The van der Waals surface area contributed by atoms with Crippen molar-refractivity contribution in [3.8, 4) is 5.75 Å². The van der Waals surface area contributed by atoms with Crippen LogP contribution in [0.1, 0.15) is 36.1 Å². The van der Waals surface area contributed by atoms with Crippen LogP contribution in [0.25, 0.3) is 0 Å². The van der Waals surface area contributed by atoms with E-state index in [1.807, 2.05) is 18.2 Å². The van der Waals surface area contributed by atoms with Crippen molar-refractivity contribution < 1.29 is 4.74 Å². The lowest BCUT2D eigenvalue weighted by Gasteiger charge is -2.39. The van der Waals surface area contributed by atoms with E-state index in [1.54, 1.807) is 0 Å². The Morgan fingerprint density at radius 1 is 1.16 bits per heavy atom. The average molecular weight is 253 g/mol. The van der Waals surface area contributed by atoms with Gasteiger partial charge in [-0.15, -0.1) is 0 Å². The lowest BCUT2D eigenvalue weighted by atomic mass is 9.83. The van der Waals surface area contributed by atoms with Gasteiger partial charge in [-0.25, -0.2) is 0 Å². The molecule has 0 saturated heterocycles. The van der Waals surface area contributed by atoms with Crippen molar-refractivity contribution in [3.63, 3.8) is 0 Å². The summed E-state index contributed by atoms with van der Waals surface area (Å²) in [6.45, 7) is 4.22. The van der Waals surface area contributed by atoms with Crippen LogP contribution in [0.15, 0.2) is 48.5 Å². The predicted octanol–water partition coefficient (Wildman–Crippen LogP) is 3.69. The SMILES string of the molecule is Cc1cccc(C2(C)C[C@H](N)c3ccccc3O2)c1. The molecular formula is C17H19NO. The molecule has 3 rings (SSSR count). The number of para-hydroxylation sites is 1. The molecule has 98 valence electrons. The number of hydrogen-bond donors (Lipinski definition) is 1. The summed E-state index contributed by atoms with van der Waals surface area (Å²) in [5.41, 5.74) is 9.51. The predicted molar refractivity (Wildman–Crippen MR) is 77.1 cm³/mol. The Hall–Kier alpha value is -1.80. The third-order valence-corrected chi connectivity index (χ3v) is 3.89. The van der Waals surface area contributed by atoms with E-state index in [2.05, 4.69) is 44.2 Å². The quantitative estimate of drug-likeness (QED) is 0.841. The molecule has 2 heteroatoms. The highest BCUT2D eigenvalue weighted by Crippen LogP contribution is 2.43. The average Bonchev–Trinajstić information content (AvgIpc) is 2.38. The largest absolute Gasteiger partial charge is 0.482 e. The molecule has 0 aliphatic carbocycles. The highest BCUT2D eigenvalue weighted by atomic mass is 16.5.